The number of sulfonamides is 1. The molecule has 2 N–H and O–H groups in total. The molecule has 0 atom stereocenters. The van der Waals surface area contributed by atoms with Crippen molar-refractivity contribution in [3.8, 4) is 0 Å². The van der Waals surface area contributed by atoms with Crippen LogP contribution < -0.4 is 10.0 Å². The maximum Gasteiger partial charge on any atom is 0.262 e. The average Bonchev–Trinajstić information content (AvgIpc) is 2.48. The summed E-state index contributed by atoms with van der Waals surface area (Å²) < 4.78 is 27.6. The summed E-state index contributed by atoms with van der Waals surface area (Å²) in [6.07, 6.45) is 0. The second-order valence-electron chi connectivity index (χ2n) is 6.10. The van der Waals surface area contributed by atoms with E-state index in [2.05, 4.69) is 10.0 Å². The molecule has 0 heterocycles. The van der Waals surface area contributed by atoms with E-state index in [0.717, 1.165) is 5.56 Å². The fraction of sp³-hybridized carbons (Fsp3) is 0.278. The van der Waals surface area contributed by atoms with Crippen LogP contribution in [0.15, 0.2) is 47.4 Å². The number of hydrogen-bond acceptors (Lipinski definition) is 3. The zero-order valence-corrected chi connectivity index (χ0v) is 15.1. The van der Waals surface area contributed by atoms with Crippen molar-refractivity contribution in [2.24, 2.45) is 5.92 Å². The normalized spacial score (nSPS) is 11.4. The van der Waals surface area contributed by atoms with Crippen LogP contribution in [-0.4, -0.2) is 14.3 Å². The van der Waals surface area contributed by atoms with E-state index in [4.69, 9.17) is 0 Å². The molecular weight excluding hydrogens is 324 g/mol. The van der Waals surface area contributed by atoms with E-state index < -0.39 is 10.0 Å². The molecule has 0 saturated heterocycles. The van der Waals surface area contributed by atoms with Gasteiger partial charge in [0, 0.05) is 17.3 Å². The molecule has 24 heavy (non-hydrogen) atoms. The number of hydrogen-bond donors (Lipinski definition) is 2. The molecule has 128 valence electrons. The van der Waals surface area contributed by atoms with E-state index in [1.165, 1.54) is 0 Å². The molecule has 2 aromatic rings. The molecule has 2 aromatic carbocycles. The maximum atomic E-state index is 12.5. The van der Waals surface area contributed by atoms with Gasteiger partial charge < -0.3 is 5.32 Å². The van der Waals surface area contributed by atoms with Crippen molar-refractivity contribution in [2.75, 3.05) is 10.0 Å². The predicted molar refractivity (Wildman–Crippen MR) is 96.6 cm³/mol. The van der Waals surface area contributed by atoms with Crippen molar-refractivity contribution in [1.29, 1.82) is 0 Å². The standard InChI is InChI=1S/C18H22N2O3S/c1-12(2)18(21)19-15-6-8-16(9-7-15)20-24(22,23)17-10-5-13(3)11-14(17)4/h5-12,20H,1-4H3,(H,19,21). The molecule has 0 aliphatic carbocycles. The van der Waals surface area contributed by atoms with Crippen LogP contribution in [0, 0.1) is 19.8 Å². The third kappa shape index (κ3) is 4.35. The zero-order chi connectivity index (χ0) is 17.9. The van der Waals surface area contributed by atoms with Crippen LogP contribution in [0.2, 0.25) is 0 Å². The van der Waals surface area contributed by atoms with E-state index in [1.807, 2.05) is 26.8 Å². The van der Waals surface area contributed by atoms with Crippen molar-refractivity contribution < 1.29 is 13.2 Å². The zero-order valence-electron chi connectivity index (χ0n) is 14.3. The van der Waals surface area contributed by atoms with Crippen molar-refractivity contribution in [2.45, 2.75) is 32.6 Å². The van der Waals surface area contributed by atoms with Crippen LogP contribution in [0.3, 0.4) is 0 Å². The minimum Gasteiger partial charge on any atom is -0.326 e. The summed E-state index contributed by atoms with van der Waals surface area (Å²) >= 11 is 0. The van der Waals surface area contributed by atoms with Crippen LogP contribution in [-0.2, 0) is 14.8 Å². The highest BCUT2D eigenvalue weighted by Gasteiger charge is 2.17. The van der Waals surface area contributed by atoms with Gasteiger partial charge in [0.1, 0.15) is 0 Å². The summed E-state index contributed by atoms with van der Waals surface area (Å²) in [4.78, 5) is 11.9. The van der Waals surface area contributed by atoms with Gasteiger partial charge in [0.25, 0.3) is 10.0 Å². The first-order chi connectivity index (χ1) is 11.2. The number of amides is 1. The number of aryl methyl sites for hydroxylation is 2. The van der Waals surface area contributed by atoms with Crippen LogP contribution in [0.1, 0.15) is 25.0 Å². The fourth-order valence-electron chi connectivity index (χ4n) is 2.22. The topological polar surface area (TPSA) is 75.3 Å². The highest BCUT2D eigenvalue weighted by molar-refractivity contribution is 7.92. The summed E-state index contributed by atoms with van der Waals surface area (Å²) in [6, 6.07) is 11.8. The Balaban J connectivity index is 2.17. The highest BCUT2D eigenvalue weighted by Crippen LogP contribution is 2.21. The second-order valence-corrected chi connectivity index (χ2v) is 7.75. The number of rotatable bonds is 5. The molecule has 2 rings (SSSR count). The van der Waals surface area contributed by atoms with E-state index in [9.17, 15) is 13.2 Å². The first-order valence-electron chi connectivity index (χ1n) is 7.70. The Kier molecular flexibility index (Phi) is 5.29. The van der Waals surface area contributed by atoms with Gasteiger partial charge in [0.05, 0.1) is 4.90 Å². The van der Waals surface area contributed by atoms with E-state index in [1.54, 1.807) is 43.3 Å². The Morgan fingerprint density at radius 2 is 1.54 bits per heavy atom. The van der Waals surface area contributed by atoms with Gasteiger partial charge in [-0.05, 0) is 49.7 Å². The van der Waals surface area contributed by atoms with Crippen molar-refractivity contribution in [1.82, 2.24) is 0 Å². The molecule has 1 amide bonds. The molecule has 0 bridgehead atoms. The van der Waals surface area contributed by atoms with E-state index >= 15 is 0 Å². The molecule has 0 saturated carbocycles. The Morgan fingerprint density at radius 1 is 0.958 bits per heavy atom. The van der Waals surface area contributed by atoms with Gasteiger partial charge >= 0.3 is 0 Å². The summed E-state index contributed by atoms with van der Waals surface area (Å²) in [7, 11) is -3.65. The molecule has 0 aliphatic heterocycles. The monoisotopic (exact) mass is 346 g/mol. The second kappa shape index (κ2) is 7.05. The van der Waals surface area contributed by atoms with Gasteiger partial charge in [-0.15, -0.1) is 0 Å². The molecule has 0 aromatic heterocycles. The Morgan fingerprint density at radius 3 is 2.08 bits per heavy atom. The third-order valence-corrected chi connectivity index (χ3v) is 5.09. The summed E-state index contributed by atoms with van der Waals surface area (Å²) in [6.45, 7) is 7.30. The minimum atomic E-state index is -3.65. The Labute approximate surface area is 143 Å². The third-order valence-electron chi connectivity index (χ3n) is 3.55. The molecule has 0 unspecified atom stereocenters. The largest absolute Gasteiger partial charge is 0.326 e. The first kappa shape index (κ1) is 18.0. The van der Waals surface area contributed by atoms with Gasteiger partial charge in [0.15, 0.2) is 0 Å². The lowest BCUT2D eigenvalue weighted by Gasteiger charge is -2.12. The van der Waals surface area contributed by atoms with Gasteiger partial charge in [-0.1, -0.05) is 31.5 Å². The number of anilines is 2. The van der Waals surface area contributed by atoms with Crippen molar-refractivity contribution >= 4 is 27.3 Å². The van der Waals surface area contributed by atoms with Gasteiger partial charge in [0.2, 0.25) is 5.91 Å². The molecule has 0 spiro atoms. The highest BCUT2D eigenvalue weighted by atomic mass is 32.2. The van der Waals surface area contributed by atoms with Crippen molar-refractivity contribution in [3.05, 3.63) is 53.6 Å². The molecule has 0 fully saturated rings. The number of carbonyl (C=O) groups excluding carboxylic acids is 1. The number of nitrogens with one attached hydrogen (secondary N) is 2. The van der Waals surface area contributed by atoms with Crippen LogP contribution in [0.4, 0.5) is 11.4 Å². The van der Waals surface area contributed by atoms with E-state index in [0.29, 0.717) is 16.9 Å². The van der Waals surface area contributed by atoms with Crippen LogP contribution >= 0.6 is 0 Å². The molecule has 5 nitrogen and oxygen atoms in total. The molecule has 0 radical (unpaired) electrons. The van der Waals surface area contributed by atoms with Crippen LogP contribution in [0.25, 0.3) is 0 Å². The molecular formula is C18H22N2O3S. The lowest BCUT2D eigenvalue weighted by atomic mass is 10.2. The smallest absolute Gasteiger partial charge is 0.262 e. The Hall–Kier alpha value is -2.34. The van der Waals surface area contributed by atoms with Gasteiger partial charge in [-0.25, -0.2) is 8.42 Å². The summed E-state index contributed by atoms with van der Waals surface area (Å²) in [5.41, 5.74) is 2.78. The first-order valence-corrected chi connectivity index (χ1v) is 9.18. The Bertz CT molecular complexity index is 841. The molecule has 6 heteroatoms. The fourth-order valence-corrected chi connectivity index (χ4v) is 3.51. The van der Waals surface area contributed by atoms with Crippen molar-refractivity contribution in [3.63, 3.8) is 0 Å². The van der Waals surface area contributed by atoms with Gasteiger partial charge in [-0.2, -0.15) is 0 Å². The quantitative estimate of drug-likeness (QED) is 0.867. The number of carbonyl (C=O) groups is 1. The van der Waals surface area contributed by atoms with Gasteiger partial charge in [-0.3, -0.25) is 9.52 Å². The predicted octanol–water partition coefficient (Wildman–Crippen LogP) is 3.70. The molecule has 0 aliphatic rings. The number of benzene rings is 2. The lowest BCUT2D eigenvalue weighted by molar-refractivity contribution is -0.118. The summed E-state index contributed by atoms with van der Waals surface area (Å²) in [5, 5.41) is 2.76. The minimum absolute atomic E-state index is 0.0846. The van der Waals surface area contributed by atoms with E-state index in [-0.39, 0.29) is 16.7 Å². The summed E-state index contributed by atoms with van der Waals surface area (Å²) in [5.74, 6) is -0.202. The lowest BCUT2D eigenvalue weighted by Crippen LogP contribution is -2.18. The SMILES string of the molecule is Cc1ccc(S(=O)(=O)Nc2ccc(NC(=O)C(C)C)cc2)c(C)c1. The maximum absolute atomic E-state index is 12.5. The van der Waals surface area contributed by atoms with Crippen LogP contribution in [0.5, 0.6) is 0 Å². The average molecular weight is 346 g/mol.